The summed E-state index contributed by atoms with van der Waals surface area (Å²) in [6.45, 7) is 4.86. The van der Waals surface area contributed by atoms with Crippen LogP contribution in [0.1, 0.15) is 73.0 Å². The molecule has 3 atom stereocenters. The highest BCUT2D eigenvalue weighted by Gasteiger charge is 2.57. The molecule has 0 bridgehead atoms. The molecule has 9 nitrogen and oxygen atoms in total. The zero-order chi connectivity index (χ0) is 29.4. The van der Waals surface area contributed by atoms with E-state index in [-0.39, 0.29) is 42.5 Å². The van der Waals surface area contributed by atoms with E-state index >= 15 is 0 Å². The van der Waals surface area contributed by atoms with E-state index in [0.29, 0.717) is 59.6 Å². The summed E-state index contributed by atoms with van der Waals surface area (Å²) in [5.74, 6) is 0.304. The van der Waals surface area contributed by atoms with Crippen LogP contribution in [0.25, 0.3) is 10.8 Å². The van der Waals surface area contributed by atoms with Gasteiger partial charge in [0.25, 0.3) is 0 Å². The summed E-state index contributed by atoms with van der Waals surface area (Å²) in [4.78, 5) is 48.5. The molecule has 1 spiro atoms. The predicted molar refractivity (Wildman–Crippen MR) is 157 cm³/mol. The summed E-state index contributed by atoms with van der Waals surface area (Å²) >= 11 is 1.34. The Balaban J connectivity index is 1.47. The van der Waals surface area contributed by atoms with E-state index in [1.807, 2.05) is 31.2 Å². The number of rotatable bonds is 8. The molecular formula is C32H36N2O7S. The van der Waals surface area contributed by atoms with E-state index in [4.69, 9.17) is 18.6 Å². The van der Waals surface area contributed by atoms with Gasteiger partial charge in [-0.3, -0.25) is 19.3 Å². The van der Waals surface area contributed by atoms with Crippen LogP contribution in [0.3, 0.4) is 0 Å². The number of benzene rings is 1. The van der Waals surface area contributed by atoms with E-state index in [1.165, 1.54) is 17.6 Å². The Morgan fingerprint density at radius 3 is 2.71 bits per heavy atom. The molecule has 6 rings (SSSR count). The van der Waals surface area contributed by atoms with E-state index < -0.39 is 11.5 Å². The molecule has 1 aliphatic carbocycles. The Bertz CT molecular complexity index is 1480. The van der Waals surface area contributed by atoms with Crippen molar-refractivity contribution in [1.29, 1.82) is 0 Å². The molecule has 1 saturated carbocycles. The molecule has 1 saturated heterocycles. The van der Waals surface area contributed by atoms with Gasteiger partial charge in [0, 0.05) is 24.7 Å². The first kappa shape index (κ1) is 28.8. The minimum Gasteiger partial charge on any atom is -0.496 e. The Hall–Kier alpha value is -3.34. The van der Waals surface area contributed by atoms with Crippen molar-refractivity contribution in [2.24, 2.45) is 11.3 Å². The van der Waals surface area contributed by atoms with Crippen LogP contribution in [-0.4, -0.2) is 55.4 Å². The number of hydrogen-bond acceptors (Lipinski definition) is 9. The Labute approximate surface area is 249 Å². The van der Waals surface area contributed by atoms with Crippen LogP contribution in [0.5, 0.6) is 5.75 Å². The van der Waals surface area contributed by atoms with Crippen LogP contribution >= 0.6 is 11.3 Å². The Morgan fingerprint density at radius 1 is 1.21 bits per heavy atom. The zero-order valence-electron chi connectivity index (χ0n) is 24.2. The van der Waals surface area contributed by atoms with Gasteiger partial charge in [-0.05, 0) is 57.6 Å². The monoisotopic (exact) mass is 592 g/mol. The van der Waals surface area contributed by atoms with Gasteiger partial charge in [-0.1, -0.05) is 24.6 Å². The molecule has 3 aliphatic rings. The number of carbonyl (C=O) groups is 3. The number of fused-ring (bicyclic) bond motifs is 1. The van der Waals surface area contributed by atoms with Crippen LogP contribution in [0.2, 0.25) is 0 Å². The molecule has 2 aliphatic heterocycles. The standard InChI is InChI=1S/C32H36N2O7S/c1-19-26-28(36)32(12-6-7-21(17-32)20(2)35)31(37)34(30(26)42-27(19)29-33-13-16-40-29)18-25(41-22-10-14-39-15-11-22)23-8-4-5-9-24(23)38-3/h4-5,8-9,13,16,21-22,25H,6-7,10-12,14-15,17-18H2,1-3H3. The number of carbonyl (C=O) groups excluding carboxylic acids is 3. The third-order valence-electron chi connectivity index (χ3n) is 9.00. The molecule has 2 aromatic heterocycles. The van der Waals surface area contributed by atoms with E-state index in [9.17, 15) is 14.4 Å². The smallest absolute Gasteiger partial charge is 0.241 e. The molecule has 1 amide bonds. The van der Waals surface area contributed by atoms with E-state index in [1.54, 1.807) is 25.1 Å². The van der Waals surface area contributed by atoms with Gasteiger partial charge >= 0.3 is 0 Å². The van der Waals surface area contributed by atoms with Gasteiger partial charge < -0.3 is 18.6 Å². The van der Waals surface area contributed by atoms with Crippen LogP contribution in [0.4, 0.5) is 5.00 Å². The summed E-state index contributed by atoms with van der Waals surface area (Å²) in [5, 5.41) is 0.571. The van der Waals surface area contributed by atoms with Crippen LogP contribution in [0.15, 0.2) is 41.1 Å². The van der Waals surface area contributed by atoms with Gasteiger partial charge in [-0.2, -0.15) is 0 Å². The topological polar surface area (TPSA) is 108 Å². The number of methoxy groups -OCH3 is 1. The van der Waals surface area contributed by atoms with Gasteiger partial charge in [-0.15, -0.1) is 11.3 Å². The number of Topliss-reactive ketones (excluding diaryl/α,β-unsaturated/α-hetero) is 2. The minimum absolute atomic E-state index is 0.0179. The number of amides is 1. The summed E-state index contributed by atoms with van der Waals surface area (Å²) in [6, 6.07) is 7.68. The summed E-state index contributed by atoms with van der Waals surface area (Å²) in [6.07, 6.45) is 5.95. The van der Waals surface area contributed by atoms with Gasteiger partial charge in [0.2, 0.25) is 11.8 Å². The lowest BCUT2D eigenvalue weighted by atomic mass is 9.63. The second-order valence-electron chi connectivity index (χ2n) is 11.5. The first-order valence-corrected chi connectivity index (χ1v) is 15.4. The number of aromatic nitrogens is 1. The van der Waals surface area contributed by atoms with Gasteiger partial charge in [0.1, 0.15) is 34.3 Å². The Morgan fingerprint density at radius 2 is 2.00 bits per heavy atom. The molecule has 10 heteroatoms. The maximum atomic E-state index is 14.7. The van der Waals surface area contributed by atoms with Gasteiger partial charge in [-0.25, -0.2) is 4.98 Å². The highest BCUT2D eigenvalue weighted by molar-refractivity contribution is 7.20. The second kappa shape index (κ2) is 11.7. The molecule has 0 radical (unpaired) electrons. The van der Waals surface area contributed by atoms with Crippen LogP contribution < -0.4 is 9.64 Å². The molecule has 3 unspecified atom stereocenters. The lowest BCUT2D eigenvalue weighted by Gasteiger charge is -2.45. The fourth-order valence-electron chi connectivity index (χ4n) is 6.73. The maximum absolute atomic E-state index is 14.7. The number of para-hydroxylation sites is 1. The molecule has 3 aromatic rings. The average Bonchev–Trinajstić information content (AvgIpc) is 3.66. The number of oxazole rings is 1. The lowest BCUT2D eigenvalue weighted by molar-refractivity contribution is -0.131. The summed E-state index contributed by atoms with van der Waals surface area (Å²) in [7, 11) is 1.62. The first-order valence-electron chi connectivity index (χ1n) is 14.6. The van der Waals surface area contributed by atoms with Crippen LogP contribution in [-0.2, 0) is 19.1 Å². The lowest BCUT2D eigenvalue weighted by Crippen LogP contribution is -2.56. The molecule has 1 aromatic carbocycles. The van der Waals surface area contributed by atoms with Gasteiger partial charge in [0.15, 0.2) is 5.78 Å². The molecule has 222 valence electrons. The fourth-order valence-corrected chi connectivity index (χ4v) is 7.98. The third kappa shape index (κ3) is 4.99. The van der Waals surface area contributed by atoms with Crippen molar-refractivity contribution in [3.05, 3.63) is 53.4 Å². The predicted octanol–water partition coefficient (Wildman–Crippen LogP) is 5.95. The maximum Gasteiger partial charge on any atom is 0.241 e. The number of anilines is 1. The van der Waals surface area contributed by atoms with Crippen molar-refractivity contribution >= 4 is 33.8 Å². The quantitative estimate of drug-likeness (QED) is 0.295. The highest BCUT2D eigenvalue weighted by atomic mass is 32.1. The van der Waals surface area contributed by atoms with Crippen molar-refractivity contribution in [3.63, 3.8) is 0 Å². The molecule has 42 heavy (non-hydrogen) atoms. The molecule has 0 N–H and O–H groups in total. The molecule has 2 fully saturated rings. The number of nitrogens with zero attached hydrogens (tertiary/aromatic N) is 2. The van der Waals surface area contributed by atoms with Crippen molar-refractivity contribution in [2.75, 3.05) is 31.8 Å². The number of ether oxygens (including phenoxy) is 3. The number of thiophene rings is 1. The second-order valence-corrected chi connectivity index (χ2v) is 12.5. The number of hydrogen-bond donors (Lipinski definition) is 0. The normalized spacial score (nSPS) is 23.7. The van der Waals surface area contributed by atoms with E-state index in [0.717, 1.165) is 24.0 Å². The van der Waals surface area contributed by atoms with Gasteiger partial charge in [0.05, 0.1) is 36.4 Å². The summed E-state index contributed by atoms with van der Waals surface area (Å²) < 4.78 is 23.7. The third-order valence-corrected chi connectivity index (χ3v) is 10.3. The summed E-state index contributed by atoms with van der Waals surface area (Å²) in [5.41, 5.74) is 0.786. The molecule has 4 heterocycles. The van der Waals surface area contributed by atoms with E-state index in [2.05, 4.69) is 4.98 Å². The number of ketones is 2. The molecular weight excluding hydrogens is 556 g/mol. The average molecular weight is 593 g/mol. The van der Waals surface area contributed by atoms with Crippen molar-refractivity contribution in [3.8, 4) is 16.5 Å². The zero-order valence-corrected chi connectivity index (χ0v) is 25.0. The first-order chi connectivity index (χ1) is 20.3. The Kier molecular flexibility index (Phi) is 8.04. The van der Waals surface area contributed by atoms with Crippen molar-refractivity contribution in [2.45, 2.75) is 64.6 Å². The van der Waals surface area contributed by atoms with Crippen molar-refractivity contribution < 1.29 is 33.0 Å². The largest absolute Gasteiger partial charge is 0.496 e. The fraction of sp³-hybridized carbons (Fsp3) is 0.500. The highest BCUT2D eigenvalue weighted by Crippen LogP contribution is 2.54. The minimum atomic E-state index is -1.30. The van der Waals surface area contributed by atoms with Crippen molar-refractivity contribution in [1.82, 2.24) is 4.98 Å². The van der Waals surface area contributed by atoms with Crippen LogP contribution in [0, 0.1) is 18.3 Å². The SMILES string of the molecule is COc1ccccc1C(CN1C(=O)C2(CCCC(C(C)=O)C2)C(=O)c2c1sc(-c1ncco1)c2C)OC1CCOCC1.